The smallest absolute Gasteiger partial charge is 0.282 e. The van der Waals surface area contributed by atoms with Gasteiger partial charge < -0.3 is 4.90 Å². The van der Waals surface area contributed by atoms with Crippen molar-refractivity contribution in [2.24, 2.45) is 0 Å². The summed E-state index contributed by atoms with van der Waals surface area (Å²) in [5, 5.41) is 11.1. The first-order valence-corrected chi connectivity index (χ1v) is 6.18. The zero-order valence-electron chi connectivity index (χ0n) is 9.31. The Morgan fingerprint density at radius 2 is 2.22 bits per heavy atom. The largest absolute Gasteiger partial charge is 0.337 e. The third-order valence-electron chi connectivity index (χ3n) is 2.80. The first-order chi connectivity index (χ1) is 8.49. The summed E-state index contributed by atoms with van der Waals surface area (Å²) in [4.78, 5) is 24.0. The Kier molecular flexibility index (Phi) is 3.73. The number of carbonyl (C=O) groups excluding carboxylic acids is 1. The van der Waals surface area contributed by atoms with Crippen molar-refractivity contribution in [3.05, 3.63) is 38.9 Å². The molecule has 1 fully saturated rings. The molecule has 5 nitrogen and oxygen atoms in total. The minimum atomic E-state index is -0.586. The molecular weight excluding hydrogens is 279 g/mol. The van der Waals surface area contributed by atoms with Gasteiger partial charge in [-0.2, -0.15) is 0 Å². The van der Waals surface area contributed by atoms with E-state index in [-0.39, 0.29) is 16.6 Å². The van der Waals surface area contributed by atoms with Crippen LogP contribution in [0.15, 0.2) is 18.2 Å². The molecular formula is C11H10Cl2N2O3. The average molecular weight is 289 g/mol. The van der Waals surface area contributed by atoms with E-state index in [2.05, 4.69) is 0 Å². The number of nitrogens with zero attached hydrogens (tertiary/aromatic N) is 2. The van der Waals surface area contributed by atoms with Crippen LogP contribution in [0.1, 0.15) is 16.8 Å². The van der Waals surface area contributed by atoms with E-state index in [0.29, 0.717) is 24.5 Å². The molecule has 2 rings (SSSR count). The Hall–Kier alpha value is -1.33. The van der Waals surface area contributed by atoms with Crippen molar-refractivity contribution < 1.29 is 9.72 Å². The van der Waals surface area contributed by atoms with E-state index < -0.39 is 10.8 Å². The summed E-state index contributed by atoms with van der Waals surface area (Å²) < 4.78 is 0. The van der Waals surface area contributed by atoms with Crippen LogP contribution in [0.4, 0.5) is 5.69 Å². The summed E-state index contributed by atoms with van der Waals surface area (Å²) >= 11 is 11.7. The predicted molar refractivity (Wildman–Crippen MR) is 68.3 cm³/mol. The number of amides is 1. The SMILES string of the molecule is O=C(c1cc(Cl)ccc1[N+](=O)[O-])N1CCC(Cl)C1. The standard InChI is InChI=1S/C11H10Cl2N2O3/c12-7-1-2-10(15(17)18)9(5-7)11(16)14-4-3-8(13)6-14/h1-2,5,8H,3-4,6H2. The highest BCUT2D eigenvalue weighted by molar-refractivity contribution is 6.31. The molecule has 7 heteroatoms. The van der Waals surface area contributed by atoms with Crippen LogP contribution >= 0.6 is 23.2 Å². The van der Waals surface area contributed by atoms with Gasteiger partial charge in [-0.25, -0.2) is 0 Å². The minimum absolute atomic E-state index is 0.0123. The Labute approximate surface area is 113 Å². The van der Waals surface area contributed by atoms with E-state index >= 15 is 0 Å². The summed E-state index contributed by atoms with van der Waals surface area (Å²) in [7, 11) is 0. The molecule has 96 valence electrons. The molecule has 1 unspecified atom stereocenters. The van der Waals surface area contributed by atoms with Gasteiger partial charge >= 0.3 is 0 Å². The van der Waals surface area contributed by atoms with Gasteiger partial charge in [-0.15, -0.1) is 11.6 Å². The maximum atomic E-state index is 12.2. The summed E-state index contributed by atoms with van der Waals surface area (Å²) in [6.45, 7) is 0.917. The number of benzene rings is 1. The lowest BCUT2D eigenvalue weighted by Gasteiger charge is -2.15. The molecule has 1 saturated heterocycles. The van der Waals surface area contributed by atoms with Gasteiger partial charge in [-0.05, 0) is 18.6 Å². The molecule has 0 spiro atoms. The van der Waals surface area contributed by atoms with Gasteiger partial charge in [0.25, 0.3) is 11.6 Å². The number of nitro benzene ring substituents is 1. The highest BCUT2D eigenvalue weighted by atomic mass is 35.5. The van der Waals surface area contributed by atoms with Crippen molar-refractivity contribution in [2.75, 3.05) is 13.1 Å². The number of hydrogen-bond donors (Lipinski definition) is 0. The van der Waals surface area contributed by atoms with E-state index in [1.807, 2.05) is 0 Å². The van der Waals surface area contributed by atoms with E-state index in [4.69, 9.17) is 23.2 Å². The lowest BCUT2D eigenvalue weighted by molar-refractivity contribution is -0.385. The molecule has 1 aromatic carbocycles. The van der Waals surface area contributed by atoms with Crippen LogP contribution in [0.5, 0.6) is 0 Å². The summed E-state index contributed by atoms with van der Waals surface area (Å²) in [6.07, 6.45) is 0.696. The Balaban J connectivity index is 2.34. The van der Waals surface area contributed by atoms with Crippen molar-refractivity contribution >= 4 is 34.8 Å². The van der Waals surface area contributed by atoms with Gasteiger partial charge in [0.1, 0.15) is 5.56 Å². The van der Waals surface area contributed by atoms with Crippen molar-refractivity contribution in [1.29, 1.82) is 0 Å². The van der Waals surface area contributed by atoms with E-state index in [1.54, 1.807) is 0 Å². The molecule has 0 saturated carbocycles. The molecule has 1 heterocycles. The van der Waals surface area contributed by atoms with Crippen LogP contribution in [0.25, 0.3) is 0 Å². The second-order valence-electron chi connectivity index (χ2n) is 4.06. The van der Waals surface area contributed by atoms with Gasteiger partial charge in [-0.3, -0.25) is 14.9 Å². The number of nitro groups is 1. The predicted octanol–water partition coefficient (Wildman–Crippen LogP) is 2.70. The fourth-order valence-corrected chi connectivity index (χ4v) is 2.35. The third-order valence-corrected chi connectivity index (χ3v) is 3.39. The van der Waals surface area contributed by atoms with Gasteiger partial charge in [0, 0.05) is 24.2 Å². The highest BCUT2D eigenvalue weighted by Crippen LogP contribution is 2.26. The second-order valence-corrected chi connectivity index (χ2v) is 5.11. The first-order valence-electron chi connectivity index (χ1n) is 5.36. The maximum absolute atomic E-state index is 12.2. The van der Waals surface area contributed by atoms with E-state index in [0.717, 1.165) is 0 Å². The molecule has 0 aromatic heterocycles. The molecule has 0 radical (unpaired) electrons. The topological polar surface area (TPSA) is 63.4 Å². The summed E-state index contributed by atoms with van der Waals surface area (Å²) in [6, 6.07) is 3.96. The average Bonchev–Trinajstić information content (AvgIpc) is 2.74. The van der Waals surface area contributed by atoms with Crippen molar-refractivity contribution in [2.45, 2.75) is 11.8 Å². The zero-order valence-corrected chi connectivity index (χ0v) is 10.8. The molecule has 1 amide bonds. The van der Waals surface area contributed by atoms with Crippen LogP contribution in [0.2, 0.25) is 5.02 Å². The number of likely N-dealkylation sites (tertiary alicyclic amines) is 1. The van der Waals surface area contributed by atoms with E-state index in [9.17, 15) is 14.9 Å². The summed E-state index contributed by atoms with van der Waals surface area (Å²) in [5.41, 5.74) is -0.222. The fourth-order valence-electron chi connectivity index (χ4n) is 1.91. The number of halogens is 2. The molecule has 0 bridgehead atoms. The van der Waals surface area contributed by atoms with Crippen molar-refractivity contribution in [3.8, 4) is 0 Å². The molecule has 1 aliphatic rings. The van der Waals surface area contributed by atoms with Crippen LogP contribution in [0.3, 0.4) is 0 Å². The third kappa shape index (κ3) is 2.57. The van der Waals surface area contributed by atoms with Crippen LogP contribution in [-0.4, -0.2) is 34.2 Å². The molecule has 1 aromatic rings. The highest BCUT2D eigenvalue weighted by Gasteiger charge is 2.29. The zero-order chi connectivity index (χ0) is 13.3. The lowest BCUT2D eigenvalue weighted by atomic mass is 10.1. The Morgan fingerprint density at radius 1 is 1.50 bits per heavy atom. The van der Waals surface area contributed by atoms with Crippen LogP contribution in [-0.2, 0) is 0 Å². The number of alkyl halides is 1. The normalized spacial score (nSPS) is 19.0. The molecule has 0 N–H and O–H groups in total. The monoisotopic (exact) mass is 288 g/mol. The van der Waals surface area contributed by atoms with E-state index in [1.165, 1.54) is 23.1 Å². The molecule has 18 heavy (non-hydrogen) atoms. The van der Waals surface area contributed by atoms with Gasteiger partial charge in [0.05, 0.1) is 10.3 Å². The second kappa shape index (κ2) is 5.12. The fraction of sp³-hybridized carbons (Fsp3) is 0.364. The first kappa shape index (κ1) is 13.1. The van der Waals surface area contributed by atoms with Crippen LogP contribution < -0.4 is 0 Å². The molecule has 1 aliphatic heterocycles. The lowest BCUT2D eigenvalue weighted by Crippen LogP contribution is -2.29. The van der Waals surface area contributed by atoms with Gasteiger partial charge in [0.15, 0.2) is 0 Å². The van der Waals surface area contributed by atoms with Crippen molar-refractivity contribution in [1.82, 2.24) is 4.90 Å². The maximum Gasteiger partial charge on any atom is 0.282 e. The summed E-state index contributed by atoms with van der Waals surface area (Å²) in [5.74, 6) is -0.396. The molecule has 1 atom stereocenters. The Morgan fingerprint density at radius 3 is 2.78 bits per heavy atom. The van der Waals surface area contributed by atoms with Crippen molar-refractivity contribution in [3.63, 3.8) is 0 Å². The Bertz CT molecular complexity index is 507. The van der Waals surface area contributed by atoms with Gasteiger partial charge in [0.2, 0.25) is 0 Å². The number of carbonyl (C=O) groups is 1. The van der Waals surface area contributed by atoms with Gasteiger partial charge in [-0.1, -0.05) is 11.6 Å². The quantitative estimate of drug-likeness (QED) is 0.477. The molecule has 0 aliphatic carbocycles. The number of hydrogen-bond acceptors (Lipinski definition) is 3. The minimum Gasteiger partial charge on any atom is -0.337 e. The number of rotatable bonds is 2. The van der Waals surface area contributed by atoms with Crippen LogP contribution in [0, 0.1) is 10.1 Å².